The maximum Gasteiger partial charge on any atom is 0.356 e. The van der Waals surface area contributed by atoms with Crippen LogP contribution in [0.3, 0.4) is 0 Å². The van der Waals surface area contributed by atoms with Crippen LogP contribution in [0, 0.1) is 11.8 Å². The van der Waals surface area contributed by atoms with Crippen LogP contribution in [0.5, 0.6) is 0 Å². The Balaban J connectivity index is 2.79. The fourth-order valence-electron chi connectivity index (χ4n) is 1.02. The number of hydrogen-bond donors (Lipinski definition) is 0. The van der Waals surface area contributed by atoms with Crippen LogP contribution in [0.1, 0.15) is 29.5 Å². The topological polar surface area (TPSA) is 39.2 Å². The van der Waals surface area contributed by atoms with Gasteiger partial charge in [0.25, 0.3) is 0 Å². The van der Waals surface area contributed by atoms with Crippen LogP contribution >= 0.6 is 15.9 Å². The zero-order chi connectivity index (χ0) is 11.8. The first-order chi connectivity index (χ1) is 7.77. The van der Waals surface area contributed by atoms with Crippen molar-refractivity contribution in [3.63, 3.8) is 0 Å². The molecular formula is C12H12BrNO2. The molecule has 0 atom stereocenters. The summed E-state index contributed by atoms with van der Waals surface area (Å²) in [5, 5.41) is 0.831. The van der Waals surface area contributed by atoms with Gasteiger partial charge in [-0.1, -0.05) is 27.9 Å². The van der Waals surface area contributed by atoms with Crippen molar-refractivity contribution >= 4 is 21.9 Å². The van der Waals surface area contributed by atoms with E-state index in [-0.39, 0.29) is 0 Å². The molecule has 0 radical (unpaired) electrons. The highest BCUT2D eigenvalue weighted by Crippen LogP contribution is 2.00. The van der Waals surface area contributed by atoms with E-state index < -0.39 is 5.97 Å². The number of hydrogen-bond acceptors (Lipinski definition) is 3. The molecule has 0 aliphatic rings. The van der Waals surface area contributed by atoms with Crippen molar-refractivity contribution in [1.82, 2.24) is 4.98 Å². The van der Waals surface area contributed by atoms with E-state index in [0.717, 1.165) is 11.8 Å². The van der Waals surface area contributed by atoms with Gasteiger partial charge in [-0.2, -0.15) is 0 Å². The predicted octanol–water partition coefficient (Wildman–Crippen LogP) is 2.39. The van der Waals surface area contributed by atoms with E-state index in [1.165, 1.54) is 0 Å². The average molecular weight is 282 g/mol. The van der Waals surface area contributed by atoms with E-state index in [9.17, 15) is 4.79 Å². The van der Waals surface area contributed by atoms with Crippen molar-refractivity contribution in [3.05, 3.63) is 29.6 Å². The molecule has 84 valence electrons. The molecule has 0 saturated carbocycles. The number of aromatic nitrogens is 1. The van der Waals surface area contributed by atoms with Crippen LogP contribution in [-0.2, 0) is 4.74 Å². The van der Waals surface area contributed by atoms with Gasteiger partial charge in [-0.05, 0) is 25.0 Å². The lowest BCUT2D eigenvalue weighted by Gasteiger charge is -2.00. The van der Waals surface area contributed by atoms with E-state index in [0.29, 0.717) is 18.0 Å². The molecule has 0 amide bonds. The molecule has 1 heterocycles. The summed E-state index contributed by atoms with van der Waals surface area (Å²) in [5.74, 6) is 5.41. The Morgan fingerprint density at radius 1 is 1.56 bits per heavy atom. The molecule has 0 saturated heterocycles. The van der Waals surface area contributed by atoms with Gasteiger partial charge >= 0.3 is 5.97 Å². The van der Waals surface area contributed by atoms with E-state index in [1.807, 2.05) is 0 Å². The van der Waals surface area contributed by atoms with Gasteiger partial charge in [0.2, 0.25) is 0 Å². The maximum atomic E-state index is 11.4. The second-order valence-corrected chi connectivity index (χ2v) is 3.66. The van der Waals surface area contributed by atoms with E-state index in [4.69, 9.17) is 4.74 Å². The molecule has 0 aliphatic heterocycles. The first-order valence-corrected chi connectivity index (χ1v) is 6.09. The third-order valence-electron chi connectivity index (χ3n) is 1.67. The second-order valence-electron chi connectivity index (χ2n) is 2.87. The Morgan fingerprint density at radius 3 is 3.06 bits per heavy atom. The Hall–Kier alpha value is -1.34. The highest BCUT2D eigenvalue weighted by Gasteiger charge is 2.07. The second kappa shape index (κ2) is 7.02. The zero-order valence-corrected chi connectivity index (χ0v) is 10.6. The number of pyridine rings is 1. The number of halogens is 1. The summed E-state index contributed by atoms with van der Waals surface area (Å²) in [6, 6.07) is 5.13. The maximum absolute atomic E-state index is 11.4. The highest BCUT2D eigenvalue weighted by molar-refractivity contribution is 9.09. The largest absolute Gasteiger partial charge is 0.461 e. The van der Waals surface area contributed by atoms with E-state index in [2.05, 4.69) is 32.8 Å². The molecule has 0 aromatic carbocycles. The van der Waals surface area contributed by atoms with Gasteiger partial charge in [0.15, 0.2) is 0 Å². The molecule has 0 aliphatic carbocycles. The summed E-state index contributed by atoms with van der Waals surface area (Å²) in [4.78, 5) is 15.5. The standard InChI is InChI=1S/C12H12BrNO2/c1-2-16-12(15)11-8-5-7-10(14-11)6-3-4-9-13/h5,7-8H,2,4,9H2,1H3. The molecular weight excluding hydrogens is 270 g/mol. The van der Waals surface area contributed by atoms with E-state index >= 15 is 0 Å². The highest BCUT2D eigenvalue weighted by atomic mass is 79.9. The molecule has 0 fully saturated rings. The van der Waals surface area contributed by atoms with Crippen LogP contribution in [-0.4, -0.2) is 22.9 Å². The molecule has 0 unspecified atom stereocenters. The summed E-state index contributed by atoms with van der Waals surface area (Å²) < 4.78 is 4.85. The molecule has 4 heteroatoms. The van der Waals surface area contributed by atoms with Gasteiger partial charge in [-0.25, -0.2) is 9.78 Å². The molecule has 16 heavy (non-hydrogen) atoms. The summed E-state index contributed by atoms with van der Waals surface area (Å²) in [6.07, 6.45) is 0.755. The number of ether oxygens (including phenoxy) is 1. The van der Waals surface area contributed by atoms with Crippen molar-refractivity contribution in [2.75, 3.05) is 11.9 Å². The number of nitrogens with zero attached hydrogens (tertiary/aromatic N) is 1. The third-order valence-corrected chi connectivity index (χ3v) is 2.07. The molecule has 1 aromatic rings. The molecule has 0 spiro atoms. The fraction of sp³-hybridized carbons (Fsp3) is 0.333. The minimum Gasteiger partial charge on any atom is -0.461 e. The lowest BCUT2D eigenvalue weighted by Crippen LogP contribution is -2.07. The van der Waals surface area contributed by atoms with Crippen LogP contribution in [0.25, 0.3) is 0 Å². The predicted molar refractivity (Wildman–Crippen MR) is 65.5 cm³/mol. The number of alkyl halides is 1. The fourth-order valence-corrected chi connectivity index (χ4v) is 1.22. The van der Waals surface area contributed by atoms with Gasteiger partial charge in [-0.15, -0.1) is 0 Å². The molecule has 0 N–H and O–H groups in total. The van der Waals surface area contributed by atoms with Crippen molar-refractivity contribution in [2.45, 2.75) is 13.3 Å². The molecule has 1 rings (SSSR count). The summed E-state index contributed by atoms with van der Waals surface area (Å²) in [5.41, 5.74) is 0.888. The van der Waals surface area contributed by atoms with Crippen molar-refractivity contribution < 1.29 is 9.53 Å². The first-order valence-electron chi connectivity index (χ1n) is 4.97. The SMILES string of the molecule is CCOC(=O)c1cccc(C#CCCBr)n1. The number of carbonyl (C=O) groups is 1. The Labute approximate surface area is 103 Å². The van der Waals surface area contributed by atoms with Gasteiger partial charge in [-0.3, -0.25) is 0 Å². The lowest BCUT2D eigenvalue weighted by molar-refractivity contribution is 0.0519. The summed E-state index contributed by atoms with van der Waals surface area (Å²) in [7, 11) is 0. The molecule has 0 bridgehead atoms. The normalized spacial score (nSPS) is 9.12. The van der Waals surface area contributed by atoms with Gasteiger partial charge < -0.3 is 4.74 Å². The van der Waals surface area contributed by atoms with Crippen molar-refractivity contribution in [1.29, 1.82) is 0 Å². The van der Waals surface area contributed by atoms with Crippen LogP contribution in [0.15, 0.2) is 18.2 Å². The minimum atomic E-state index is -0.411. The summed E-state index contributed by atoms with van der Waals surface area (Å²) in [6.45, 7) is 2.11. The van der Waals surface area contributed by atoms with Gasteiger partial charge in [0.05, 0.1) is 6.61 Å². The average Bonchev–Trinajstić information content (AvgIpc) is 2.30. The lowest BCUT2D eigenvalue weighted by atomic mass is 10.3. The van der Waals surface area contributed by atoms with Gasteiger partial charge in [0, 0.05) is 11.8 Å². The molecule has 3 nitrogen and oxygen atoms in total. The summed E-state index contributed by atoms with van der Waals surface area (Å²) >= 11 is 3.28. The van der Waals surface area contributed by atoms with Crippen LogP contribution in [0.4, 0.5) is 0 Å². The monoisotopic (exact) mass is 281 g/mol. The van der Waals surface area contributed by atoms with Crippen molar-refractivity contribution in [3.8, 4) is 11.8 Å². The van der Waals surface area contributed by atoms with E-state index in [1.54, 1.807) is 25.1 Å². The number of carbonyl (C=O) groups excluding carboxylic acids is 1. The Morgan fingerprint density at radius 2 is 2.38 bits per heavy atom. The Bertz CT molecular complexity index is 421. The van der Waals surface area contributed by atoms with Gasteiger partial charge in [0.1, 0.15) is 11.4 Å². The quantitative estimate of drug-likeness (QED) is 0.485. The number of rotatable bonds is 3. The first kappa shape index (κ1) is 12.7. The Kier molecular flexibility index (Phi) is 5.58. The number of esters is 1. The third kappa shape index (κ3) is 4.03. The molecule has 1 aromatic heterocycles. The zero-order valence-electron chi connectivity index (χ0n) is 9.00. The van der Waals surface area contributed by atoms with Crippen LogP contribution in [0.2, 0.25) is 0 Å². The van der Waals surface area contributed by atoms with Crippen LogP contribution < -0.4 is 0 Å². The minimum absolute atomic E-state index is 0.299. The smallest absolute Gasteiger partial charge is 0.356 e. The van der Waals surface area contributed by atoms with Crippen molar-refractivity contribution in [2.24, 2.45) is 0 Å².